The van der Waals surface area contributed by atoms with E-state index in [1.54, 1.807) is 36.1 Å². The van der Waals surface area contributed by atoms with Gasteiger partial charge in [-0.25, -0.2) is 9.69 Å². The van der Waals surface area contributed by atoms with E-state index in [9.17, 15) is 19.2 Å². The number of benzene rings is 2. The van der Waals surface area contributed by atoms with Gasteiger partial charge in [-0.15, -0.1) is 0 Å². The third kappa shape index (κ3) is 4.32. The number of hydrogen-bond donors (Lipinski definition) is 0. The Hall–Kier alpha value is -3.48. The molecule has 7 heteroatoms. The second-order valence-corrected chi connectivity index (χ2v) is 11.7. The Morgan fingerprint density at radius 3 is 2.11 bits per heavy atom. The van der Waals surface area contributed by atoms with Crippen LogP contribution in [0, 0.1) is 23.2 Å². The van der Waals surface area contributed by atoms with Crippen LogP contribution in [0.5, 0.6) is 0 Å². The molecule has 4 bridgehead atoms. The number of ether oxygens (including phenoxy) is 1. The number of anilines is 1. The first-order valence-electron chi connectivity index (χ1n) is 13.9. The molecule has 1 saturated heterocycles. The summed E-state index contributed by atoms with van der Waals surface area (Å²) in [5.74, 6) is 0.669. The minimum absolute atomic E-state index is 0.0383. The lowest BCUT2D eigenvalue weighted by molar-refractivity contribution is -0.162. The molecule has 5 fully saturated rings. The van der Waals surface area contributed by atoms with Crippen molar-refractivity contribution in [1.29, 1.82) is 0 Å². The molecule has 0 aromatic heterocycles. The molecule has 1 unspecified atom stereocenters. The number of carbonyl (C=O) groups is 4. The molecule has 3 amide bonds. The van der Waals surface area contributed by atoms with Crippen molar-refractivity contribution in [2.75, 3.05) is 11.5 Å². The molecule has 1 heterocycles. The van der Waals surface area contributed by atoms with Crippen molar-refractivity contribution in [2.45, 2.75) is 64.5 Å². The highest BCUT2D eigenvalue weighted by Crippen LogP contribution is 2.60. The van der Waals surface area contributed by atoms with E-state index >= 15 is 0 Å². The van der Waals surface area contributed by atoms with E-state index in [4.69, 9.17) is 4.74 Å². The zero-order valence-corrected chi connectivity index (χ0v) is 21.8. The molecule has 7 nitrogen and oxygen atoms in total. The van der Waals surface area contributed by atoms with Crippen LogP contribution in [0.15, 0.2) is 54.6 Å². The van der Waals surface area contributed by atoms with Gasteiger partial charge in [0, 0.05) is 6.54 Å². The van der Waals surface area contributed by atoms with Crippen LogP contribution >= 0.6 is 0 Å². The summed E-state index contributed by atoms with van der Waals surface area (Å²) in [5.41, 5.74) is 1.29. The number of rotatable bonds is 7. The van der Waals surface area contributed by atoms with E-state index < -0.39 is 17.4 Å². The second kappa shape index (κ2) is 9.68. The molecule has 7 rings (SSSR count). The first kappa shape index (κ1) is 24.8. The van der Waals surface area contributed by atoms with E-state index in [0.29, 0.717) is 35.5 Å². The van der Waals surface area contributed by atoms with E-state index in [1.165, 1.54) is 24.2 Å². The van der Waals surface area contributed by atoms with Crippen LogP contribution in [0.2, 0.25) is 0 Å². The quantitative estimate of drug-likeness (QED) is 0.394. The van der Waals surface area contributed by atoms with Crippen molar-refractivity contribution in [3.63, 3.8) is 0 Å². The largest absolute Gasteiger partial charge is 0.462 e. The Morgan fingerprint density at radius 2 is 1.53 bits per heavy atom. The minimum atomic E-state index is -0.840. The van der Waals surface area contributed by atoms with Crippen LogP contribution in [0.25, 0.3) is 0 Å². The smallest absolute Gasteiger partial charge is 0.338 e. The van der Waals surface area contributed by atoms with Crippen LogP contribution in [0.3, 0.4) is 0 Å². The van der Waals surface area contributed by atoms with Gasteiger partial charge in [0.2, 0.25) is 11.8 Å². The summed E-state index contributed by atoms with van der Waals surface area (Å²) in [4.78, 5) is 56.4. The molecule has 1 aliphatic heterocycles. The molecular formula is C31H34N2O5. The van der Waals surface area contributed by atoms with Crippen LogP contribution in [0.4, 0.5) is 5.69 Å². The standard InChI is InChI=1S/C31H34N2O5/c1-2-38-29(36)24-8-10-25(11-9-24)33-27(34)15-26(28(33)35)32(19-20-6-4-3-5-7-20)30(37)31-16-21-12-22(17-31)14-23(13-21)18-31/h3-11,21-23,26H,2,12-19H2,1H3. The number of esters is 1. The van der Waals surface area contributed by atoms with Gasteiger partial charge in [0.15, 0.2) is 0 Å². The molecule has 1 atom stereocenters. The molecule has 0 radical (unpaired) electrons. The molecule has 38 heavy (non-hydrogen) atoms. The maximum absolute atomic E-state index is 14.5. The van der Waals surface area contributed by atoms with Gasteiger partial charge in [-0.05, 0) is 93.0 Å². The molecule has 0 spiro atoms. The van der Waals surface area contributed by atoms with Crippen LogP contribution < -0.4 is 4.90 Å². The number of carbonyl (C=O) groups excluding carboxylic acids is 4. The topological polar surface area (TPSA) is 84.0 Å². The van der Waals surface area contributed by atoms with Crippen molar-refractivity contribution in [3.05, 3.63) is 65.7 Å². The highest BCUT2D eigenvalue weighted by atomic mass is 16.5. The fraction of sp³-hybridized carbons (Fsp3) is 0.484. The third-order valence-corrected chi connectivity index (χ3v) is 9.08. The van der Waals surface area contributed by atoms with Crippen LogP contribution in [-0.4, -0.2) is 41.2 Å². The predicted octanol–water partition coefficient (Wildman–Crippen LogP) is 4.74. The Kier molecular flexibility index (Phi) is 6.33. The molecule has 2 aromatic carbocycles. The lowest BCUT2D eigenvalue weighted by Crippen LogP contribution is -2.57. The number of imide groups is 1. The maximum atomic E-state index is 14.5. The fourth-order valence-corrected chi connectivity index (χ4v) is 7.87. The summed E-state index contributed by atoms with van der Waals surface area (Å²) in [7, 11) is 0. The molecule has 0 N–H and O–H groups in total. The minimum Gasteiger partial charge on any atom is -0.462 e. The summed E-state index contributed by atoms with van der Waals surface area (Å²) in [6.45, 7) is 2.31. The van der Waals surface area contributed by atoms with Gasteiger partial charge in [-0.1, -0.05) is 30.3 Å². The first-order chi connectivity index (χ1) is 18.4. The zero-order valence-electron chi connectivity index (χ0n) is 21.8. The molecular weight excluding hydrogens is 480 g/mol. The number of amides is 3. The summed E-state index contributed by atoms with van der Waals surface area (Å²) in [6.07, 6.45) is 6.33. The van der Waals surface area contributed by atoms with E-state index in [1.807, 2.05) is 30.3 Å². The number of hydrogen-bond acceptors (Lipinski definition) is 5. The molecule has 4 aliphatic carbocycles. The van der Waals surface area contributed by atoms with Gasteiger partial charge in [0.1, 0.15) is 6.04 Å². The van der Waals surface area contributed by atoms with Crippen molar-refractivity contribution in [2.24, 2.45) is 23.2 Å². The molecule has 4 saturated carbocycles. The van der Waals surface area contributed by atoms with E-state index in [2.05, 4.69) is 0 Å². The molecule has 198 valence electrons. The van der Waals surface area contributed by atoms with Gasteiger partial charge in [0.05, 0.1) is 29.7 Å². The predicted molar refractivity (Wildman–Crippen MR) is 141 cm³/mol. The lowest BCUT2D eigenvalue weighted by Gasteiger charge is -2.57. The Bertz CT molecular complexity index is 1220. The Balaban J connectivity index is 1.29. The van der Waals surface area contributed by atoms with Crippen molar-refractivity contribution in [1.82, 2.24) is 4.90 Å². The maximum Gasteiger partial charge on any atom is 0.338 e. The van der Waals surface area contributed by atoms with E-state index in [0.717, 1.165) is 24.8 Å². The summed E-state index contributed by atoms with van der Waals surface area (Å²) in [6, 6.07) is 15.2. The van der Waals surface area contributed by atoms with E-state index in [-0.39, 0.29) is 30.7 Å². The average Bonchev–Trinajstić information content (AvgIpc) is 3.20. The fourth-order valence-electron chi connectivity index (χ4n) is 7.87. The third-order valence-electron chi connectivity index (χ3n) is 9.08. The Labute approximate surface area is 223 Å². The first-order valence-corrected chi connectivity index (χ1v) is 13.9. The Morgan fingerprint density at radius 1 is 0.921 bits per heavy atom. The van der Waals surface area contributed by atoms with Crippen molar-refractivity contribution in [3.8, 4) is 0 Å². The van der Waals surface area contributed by atoms with Gasteiger partial charge in [0.25, 0.3) is 5.91 Å². The van der Waals surface area contributed by atoms with Crippen LogP contribution in [0.1, 0.15) is 67.8 Å². The van der Waals surface area contributed by atoms with Crippen LogP contribution in [-0.2, 0) is 25.7 Å². The second-order valence-electron chi connectivity index (χ2n) is 11.7. The SMILES string of the molecule is CCOC(=O)c1ccc(N2C(=O)CC(N(Cc3ccccc3)C(=O)C34CC5CC(CC(C5)C3)C4)C2=O)cc1. The normalized spacial score (nSPS) is 29.6. The van der Waals surface area contributed by atoms with Gasteiger partial charge in [-0.2, -0.15) is 0 Å². The summed E-state index contributed by atoms with van der Waals surface area (Å²) >= 11 is 0. The van der Waals surface area contributed by atoms with Crippen molar-refractivity contribution < 1.29 is 23.9 Å². The summed E-state index contributed by atoms with van der Waals surface area (Å²) < 4.78 is 5.04. The average molecular weight is 515 g/mol. The molecule has 2 aromatic rings. The highest BCUT2D eigenvalue weighted by molar-refractivity contribution is 6.23. The zero-order chi connectivity index (χ0) is 26.4. The van der Waals surface area contributed by atoms with Gasteiger partial charge in [-0.3, -0.25) is 14.4 Å². The highest BCUT2D eigenvalue weighted by Gasteiger charge is 2.57. The molecule has 5 aliphatic rings. The van der Waals surface area contributed by atoms with Gasteiger partial charge >= 0.3 is 5.97 Å². The lowest BCUT2D eigenvalue weighted by atomic mass is 9.49. The monoisotopic (exact) mass is 514 g/mol. The van der Waals surface area contributed by atoms with Crippen molar-refractivity contribution >= 4 is 29.4 Å². The van der Waals surface area contributed by atoms with Gasteiger partial charge < -0.3 is 9.64 Å². The number of nitrogens with zero attached hydrogens (tertiary/aromatic N) is 2. The summed E-state index contributed by atoms with van der Waals surface area (Å²) in [5, 5.41) is 0.